The Morgan fingerprint density at radius 1 is 1.44 bits per heavy atom. The van der Waals surface area contributed by atoms with E-state index in [2.05, 4.69) is 17.5 Å². The van der Waals surface area contributed by atoms with Gasteiger partial charge in [0.15, 0.2) is 0 Å². The van der Waals surface area contributed by atoms with Crippen LogP contribution < -0.4 is 0 Å². The first kappa shape index (κ1) is 7.69. The predicted molar refractivity (Wildman–Crippen MR) is 50.5 cm³/mol. The van der Waals surface area contributed by atoms with Crippen LogP contribution in [-0.2, 0) is 0 Å². The minimum absolute atomic E-state index is 0.746. The van der Waals surface area contributed by atoms with Crippen molar-refractivity contribution in [1.29, 1.82) is 0 Å². The maximum Gasteiger partial charge on any atom is 0.133 e. The van der Waals surface area contributed by atoms with E-state index in [1.165, 1.54) is 11.5 Å². The molecule has 0 bridgehead atoms. The maximum absolute atomic E-state index is 4.90. The highest BCUT2D eigenvalue weighted by Gasteiger charge is 2.09. The topological polar surface area (TPSA) is 3.24 Å². The van der Waals surface area contributed by atoms with Crippen molar-refractivity contribution < 1.29 is 0 Å². The van der Waals surface area contributed by atoms with Crippen molar-refractivity contribution in [2.75, 3.05) is 24.6 Å². The van der Waals surface area contributed by atoms with Gasteiger partial charge in [0.2, 0.25) is 0 Å². The summed E-state index contributed by atoms with van der Waals surface area (Å²) in [5, 5.41) is 0. The Morgan fingerprint density at radius 3 is 2.33 bits per heavy atom. The van der Waals surface area contributed by atoms with Gasteiger partial charge in [-0.3, -0.25) is 0 Å². The van der Waals surface area contributed by atoms with Gasteiger partial charge in [-0.1, -0.05) is 12.2 Å². The first-order valence-corrected chi connectivity index (χ1v) is 4.87. The molecule has 1 aliphatic rings. The maximum atomic E-state index is 4.90. The van der Waals surface area contributed by atoms with Gasteiger partial charge in [0.05, 0.1) is 0 Å². The zero-order chi connectivity index (χ0) is 6.69. The van der Waals surface area contributed by atoms with Gasteiger partial charge in [-0.15, -0.1) is 12.6 Å². The third-order valence-electron chi connectivity index (χ3n) is 1.28. The lowest BCUT2D eigenvalue weighted by molar-refractivity contribution is 0.480. The Hall–Kier alpha value is 0.590. The lowest BCUT2D eigenvalue weighted by Gasteiger charge is -2.26. The average molecular weight is 179 g/mol. The molecule has 52 valence electrons. The van der Waals surface area contributed by atoms with Gasteiger partial charge in [0, 0.05) is 24.6 Å². The molecule has 0 aromatic rings. The molecule has 0 saturated carbocycles. The van der Waals surface area contributed by atoms with E-state index in [9.17, 15) is 0 Å². The number of hydrogen-bond acceptors (Lipinski definition) is 2. The smallest absolute Gasteiger partial charge is 0.133 e. The first-order valence-electron chi connectivity index (χ1n) is 2.86. The Balaban J connectivity index is 2.31. The van der Waals surface area contributed by atoms with E-state index in [0.717, 1.165) is 17.4 Å². The van der Waals surface area contributed by atoms with Gasteiger partial charge >= 0.3 is 0 Å². The molecular weight excluding hydrogens is 170 g/mol. The number of thioether (sulfide) groups is 1. The van der Waals surface area contributed by atoms with Crippen LogP contribution in [0.4, 0.5) is 0 Å². The summed E-state index contributed by atoms with van der Waals surface area (Å²) < 4.78 is 0.746. The van der Waals surface area contributed by atoms with Gasteiger partial charge in [-0.25, -0.2) is 0 Å². The second-order valence-corrected chi connectivity index (χ2v) is 4.22. The molecular formula is C5H9NS3. The molecule has 4 heteroatoms. The summed E-state index contributed by atoms with van der Waals surface area (Å²) in [6, 6.07) is 0. The van der Waals surface area contributed by atoms with Crippen LogP contribution in [0.5, 0.6) is 0 Å². The summed E-state index contributed by atoms with van der Waals surface area (Å²) >= 11 is 11.0. The number of nitrogens with zero attached hydrogens (tertiary/aromatic N) is 1. The molecule has 1 fully saturated rings. The van der Waals surface area contributed by atoms with Crippen molar-refractivity contribution in [1.82, 2.24) is 4.90 Å². The summed E-state index contributed by atoms with van der Waals surface area (Å²) in [5.74, 6) is 2.39. The van der Waals surface area contributed by atoms with E-state index in [1.807, 2.05) is 11.8 Å². The highest BCUT2D eigenvalue weighted by Crippen LogP contribution is 2.10. The zero-order valence-corrected chi connectivity index (χ0v) is 7.57. The van der Waals surface area contributed by atoms with Gasteiger partial charge in [0.1, 0.15) is 4.32 Å². The first-order chi connectivity index (χ1) is 4.30. The zero-order valence-electron chi connectivity index (χ0n) is 5.04. The Morgan fingerprint density at radius 2 is 2.00 bits per heavy atom. The second-order valence-electron chi connectivity index (χ2n) is 1.88. The van der Waals surface area contributed by atoms with E-state index < -0.39 is 0 Å². The van der Waals surface area contributed by atoms with Crippen molar-refractivity contribution >= 4 is 40.9 Å². The summed E-state index contributed by atoms with van der Waals surface area (Å²) in [7, 11) is 0. The van der Waals surface area contributed by atoms with Crippen LogP contribution >= 0.6 is 36.6 Å². The van der Waals surface area contributed by atoms with E-state index in [1.54, 1.807) is 0 Å². The minimum Gasteiger partial charge on any atom is -0.356 e. The molecule has 9 heavy (non-hydrogen) atoms. The van der Waals surface area contributed by atoms with Gasteiger partial charge < -0.3 is 4.90 Å². The van der Waals surface area contributed by atoms with Crippen LogP contribution in [0, 0.1) is 0 Å². The van der Waals surface area contributed by atoms with E-state index in [-0.39, 0.29) is 0 Å². The average Bonchev–Trinajstić information content (AvgIpc) is 1.90. The SMILES string of the molecule is S=C(S)N1CCSCC1. The van der Waals surface area contributed by atoms with Crippen molar-refractivity contribution in [3.63, 3.8) is 0 Å². The van der Waals surface area contributed by atoms with Crippen LogP contribution in [0.15, 0.2) is 0 Å². The van der Waals surface area contributed by atoms with Crippen molar-refractivity contribution in [2.24, 2.45) is 0 Å². The molecule has 0 unspecified atom stereocenters. The van der Waals surface area contributed by atoms with Crippen LogP contribution in [0.1, 0.15) is 0 Å². The number of thiocarbonyl (C=S) groups is 1. The lowest BCUT2D eigenvalue weighted by atomic mass is 10.6. The van der Waals surface area contributed by atoms with Crippen LogP contribution in [0.3, 0.4) is 0 Å². The molecule has 0 amide bonds. The van der Waals surface area contributed by atoms with Gasteiger partial charge in [-0.2, -0.15) is 11.8 Å². The molecule has 1 saturated heterocycles. The fourth-order valence-electron chi connectivity index (χ4n) is 0.755. The fraction of sp³-hybridized carbons (Fsp3) is 0.800. The number of thiol groups is 1. The molecule has 1 heterocycles. The molecule has 0 aliphatic carbocycles. The highest BCUT2D eigenvalue weighted by atomic mass is 32.2. The summed E-state index contributed by atoms with van der Waals surface area (Å²) in [4.78, 5) is 2.13. The normalized spacial score (nSPS) is 19.9. The molecule has 0 aromatic carbocycles. The molecule has 0 spiro atoms. The Labute approximate surface area is 70.6 Å². The Bertz CT molecular complexity index is 109. The molecule has 0 atom stereocenters. The monoisotopic (exact) mass is 179 g/mol. The summed E-state index contributed by atoms with van der Waals surface area (Å²) in [6.07, 6.45) is 0. The fourth-order valence-corrected chi connectivity index (χ4v) is 2.04. The van der Waals surface area contributed by atoms with Crippen molar-refractivity contribution in [2.45, 2.75) is 0 Å². The van der Waals surface area contributed by atoms with E-state index in [0.29, 0.717) is 0 Å². The van der Waals surface area contributed by atoms with E-state index >= 15 is 0 Å². The van der Waals surface area contributed by atoms with Crippen LogP contribution in [-0.4, -0.2) is 33.8 Å². The van der Waals surface area contributed by atoms with Crippen molar-refractivity contribution in [3.05, 3.63) is 0 Å². The largest absolute Gasteiger partial charge is 0.356 e. The van der Waals surface area contributed by atoms with Gasteiger partial charge in [-0.05, 0) is 0 Å². The molecule has 0 N–H and O–H groups in total. The number of hydrogen-bond donors (Lipinski definition) is 1. The third-order valence-corrected chi connectivity index (χ3v) is 2.77. The molecule has 0 radical (unpaired) electrons. The van der Waals surface area contributed by atoms with Crippen LogP contribution in [0.2, 0.25) is 0 Å². The minimum atomic E-state index is 0.746. The molecule has 1 aliphatic heterocycles. The van der Waals surface area contributed by atoms with Crippen molar-refractivity contribution in [3.8, 4) is 0 Å². The third kappa shape index (κ3) is 2.35. The summed E-state index contributed by atoms with van der Waals surface area (Å²) in [6.45, 7) is 2.15. The predicted octanol–water partition coefficient (Wildman–Crippen LogP) is 1.25. The number of rotatable bonds is 0. The van der Waals surface area contributed by atoms with E-state index in [4.69, 9.17) is 12.2 Å². The second kappa shape index (κ2) is 3.68. The van der Waals surface area contributed by atoms with Gasteiger partial charge in [0.25, 0.3) is 0 Å². The summed E-state index contributed by atoms with van der Waals surface area (Å²) in [5.41, 5.74) is 0. The molecule has 0 aromatic heterocycles. The quantitative estimate of drug-likeness (QED) is 0.441. The lowest BCUT2D eigenvalue weighted by Crippen LogP contribution is -2.34. The standard InChI is InChI=1S/C5H9NS3/c7-5(8)6-1-3-9-4-2-6/h1-4H2,(H,7,8). The Kier molecular flexibility index (Phi) is 3.15. The van der Waals surface area contributed by atoms with Crippen LogP contribution in [0.25, 0.3) is 0 Å². The molecule has 1 nitrogen and oxygen atoms in total. The molecule has 1 rings (SSSR count). The highest BCUT2D eigenvalue weighted by molar-refractivity contribution is 8.11.